The Morgan fingerprint density at radius 2 is 1.89 bits per heavy atom. The van der Waals surface area contributed by atoms with E-state index in [4.69, 9.17) is 34.3 Å². The van der Waals surface area contributed by atoms with Crippen LogP contribution in [0.3, 0.4) is 0 Å². The van der Waals surface area contributed by atoms with Crippen LogP contribution in [0.5, 0.6) is 5.75 Å². The molecule has 0 atom stereocenters. The second-order valence-corrected chi connectivity index (χ2v) is 5.44. The Bertz CT molecular complexity index is 409. The van der Waals surface area contributed by atoms with Gasteiger partial charge in [0.05, 0.1) is 17.2 Å². The van der Waals surface area contributed by atoms with Crippen molar-refractivity contribution in [3.63, 3.8) is 0 Å². The molecule has 0 saturated heterocycles. The number of rotatable bonds is 9. The van der Waals surface area contributed by atoms with Gasteiger partial charge in [-0.25, -0.2) is 0 Å². The molecule has 0 spiro atoms. The molecule has 0 aliphatic heterocycles. The normalized spacial score (nSPS) is 10.4. The maximum absolute atomic E-state index is 6.07. The first-order valence-electron chi connectivity index (χ1n) is 6.88. The molecule has 2 N–H and O–H groups in total. The largest absolute Gasteiger partial charge is 0.493 e. The monoisotopic (exact) mass is 299 g/mol. The van der Waals surface area contributed by atoms with Crippen LogP contribution in [0.15, 0.2) is 18.2 Å². The van der Waals surface area contributed by atoms with Gasteiger partial charge in [-0.05, 0) is 18.6 Å². The lowest BCUT2D eigenvalue weighted by atomic mass is 10.1. The van der Waals surface area contributed by atoms with Gasteiger partial charge in [-0.1, -0.05) is 68.9 Å². The predicted molar refractivity (Wildman–Crippen MR) is 86.2 cm³/mol. The van der Waals surface area contributed by atoms with Crippen molar-refractivity contribution < 1.29 is 4.74 Å². The SMILES string of the molecule is CCCCCCCCOc1cccc(Cl)c1C(N)=S. The van der Waals surface area contributed by atoms with Gasteiger partial charge in [0.25, 0.3) is 0 Å². The molecule has 0 unspecified atom stereocenters. The van der Waals surface area contributed by atoms with Crippen LogP contribution in [-0.4, -0.2) is 11.6 Å². The van der Waals surface area contributed by atoms with E-state index in [-0.39, 0.29) is 4.99 Å². The van der Waals surface area contributed by atoms with E-state index in [1.54, 1.807) is 6.07 Å². The molecule has 106 valence electrons. The molecule has 0 heterocycles. The molecule has 1 aromatic carbocycles. The van der Waals surface area contributed by atoms with E-state index < -0.39 is 0 Å². The minimum atomic E-state index is 0.281. The summed E-state index contributed by atoms with van der Waals surface area (Å²) >= 11 is 11.1. The number of ether oxygens (including phenoxy) is 1. The van der Waals surface area contributed by atoms with Gasteiger partial charge < -0.3 is 10.5 Å². The highest BCUT2D eigenvalue weighted by atomic mass is 35.5. The van der Waals surface area contributed by atoms with Crippen LogP contribution in [0.25, 0.3) is 0 Å². The van der Waals surface area contributed by atoms with Crippen LogP contribution in [0, 0.1) is 0 Å². The number of hydrogen-bond acceptors (Lipinski definition) is 2. The van der Waals surface area contributed by atoms with Crippen molar-refractivity contribution in [2.75, 3.05) is 6.61 Å². The molecule has 2 nitrogen and oxygen atoms in total. The Kier molecular flexibility index (Phi) is 7.84. The van der Waals surface area contributed by atoms with Crippen LogP contribution in [0.4, 0.5) is 0 Å². The van der Waals surface area contributed by atoms with Gasteiger partial charge in [-0.15, -0.1) is 0 Å². The number of benzene rings is 1. The summed E-state index contributed by atoms with van der Waals surface area (Å²) in [6, 6.07) is 5.48. The van der Waals surface area contributed by atoms with E-state index >= 15 is 0 Å². The summed E-state index contributed by atoms with van der Waals surface area (Å²) in [5, 5.41) is 0.549. The summed E-state index contributed by atoms with van der Waals surface area (Å²) < 4.78 is 5.73. The number of unbranched alkanes of at least 4 members (excludes halogenated alkanes) is 5. The topological polar surface area (TPSA) is 35.2 Å². The molecule has 0 radical (unpaired) electrons. The van der Waals surface area contributed by atoms with Gasteiger partial charge in [-0.3, -0.25) is 0 Å². The highest BCUT2D eigenvalue weighted by Gasteiger charge is 2.10. The fourth-order valence-corrected chi connectivity index (χ4v) is 2.46. The van der Waals surface area contributed by atoms with E-state index in [0.29, 0.717) is 22.9 Å². The van der Waals surface area contributed by atoms with Crippen molar-refractivity contribution >= 4 is 28.8 Å². The fourth-order valence-electron chi connectivity index (χ4n) is 1.93. The molecule has 0 aliphatic rings. The lowest BCUT2D eigenvalue weighted by Crippen LogP contribution is -2.12. The second-order valence-electron chi connectivity index (χ2n) is 4.59. The Balaban J connectivity index is 2.37. The van der Waals surface area contributed by atoms with Crippen molar-refractivity contribution in [3.8, 4) is 5.75 Å². The first-order chi connectivity index (χ1) is 9.16. The summed E-state index contributed by atoms with van der Waals surface area (Å²) in [5.41, 5.74) is 6.31. The van der Waals surface area contributed by atoms with E-state index in [1.165, 1.54) is 32.1 Å². The summed E-state index contributed by atoms with van der Waals surface area (Å²) in [6.07, 6.45) is 7.42. The molecule has 4 heteroatoms. The molecule has 0 bridgehead atoms. The van der Waals surface area contributed by atoms with E-state index in [1.807, 2.05) is 12.1 Å². The highest BCUT2D eigenvalue weighted by Crippen LogP contribution is 2.26. The van der Waals surface area contributed by atoms with Crippen molar-refractivity contribution in [3.05, 3.63) is 28.8 Å². The Hall–Kier alpha value is -0.800. The fraction of sp³-hybridized carbons (Fsp3) is 0.533. The minimum Gasteiger partial charge on any atom is -0.493 e. The number of thiocarbonyl (C=S) groups is 1. The molecular formula is C15H22ClNOS. The molecule has 0 amide bonds. The summed E-state index contributed by atoms with van der Waals surface area (Å²) in [4.78, 5) is 0.281. The molecular weight excluding hydrogens is 278 g/mol. The van der Waals surface area contributed by atoms with Crippen molar-refractivity contribution in [2.24, 2.45) is 5.73 Å². The standard InChI is InChI=1S/C15H22ClNOS/c1-2-3-4-5-6-7-11-18-13-10-8-9-12(16)14(13)15(17)19/h8-10H,2-7,11H2,1H3,(H2,17,19). The van der Waals surface area contributed by atoms with Crippen LogP contribution < -0.4 is 10.5 Å². The van der Waals surface area contributed by atoms with E-state index in [9.17, 15) is 0 Å². The van der Waals surface area contributed by atoms with Gasteiger partial charge >= 0.3 is 0 Å². The Morgan fingerprint density at radius 3 is 2.58 bits per heavy atom. The smallest absolute Gasteiger partial charge is 0.130 e. The Labute approximate surface area is 126 Å². The molecule has 0 saturated carbocycles. The van der Waals surface area contributed by atoms with E-state index in [2.05, 4.69) is 6.92 Å². The predicted octanol–water partition coefficient (Wildman–Crippen LogP) is 4.71. The lowest BCUT2D eigenvalue weighted by Gasteiger charge is -2.11. The van der Waals surface area contributed by atoms with Gasteiger partial charge in [0.1, 0.15) is 10.7 Å². The molecule has 19 heavy (non-hydrogen) atoms. The zero-order chi connectivity index (χ0) is 14.1. The summed E-state index contributed by atoms with van der Waals surface area (Å²) in [5.74, 6) is 0.688. The van der Waals surface area contributed by atoms with Crippen LogP contribution in [-0.2, 0) is 0 Å². The third-order valence-electron chi connectivity index (χ3n) is 2.98. The van der Waals surface area contributed by atoms with Crippen molar-refractivity contribution in [1.82, 2.24) is 0 Å². The molecule has 0 aliphatic carbocycles. The lowest BCUT2D eigenvalue weighted by molar-refractivity contribution is 0.304. The Morgan fingerprint density at radius 1 is 1.21 bits per heavy atom. The maximum atomic E-state index is 6.07. The van der Waals surface area contributed by atoms with E-state index in [0.717, 1.165) is 6.42 Å². The second kappa shape index (κ2) is 9.16. The third-order valence-corrected chi connectivity index (χ3v) is 3.50. The average molecular weight is 300 g/mol. The molecule has 1 aromatic rings. The van der Waals surface area contributed by atoms with Crippen LogP contribution >= 0.6 is 23.8 Å². The van der Waals surface area contributed by atoms with Gasteiger partial charge in [0.2, 0.25) is 0 Å². The summed E-state index contributed by atoms with van der Waals surface area (Å²) in [7, 11) is 0. The average Bonchev–Trinajstić information content (AvgIpc) is 2.37. The highest BCUT2D eigenvalue weighted by molar-refractivity contribution is 7.80. The quantitative estimate of drug-likeness (QED) is 0.529. The zero-order valence-electron chi connectivity index (χ0n) is 11.5. The number of nitrogens with two attached hydrogens (primary N) is 1. The minimum absolute atomic E-state index is 0.281. The van der Waals surface area contributed by atoms with Crippen LogP contribution in [0.1, 0.15) is 51.0 Å². The van der Waals surface area contributed by atoms with Gasteiger partial charge in [0, 0.05) is 0 Å². The third kappa shape index (κ3) is 5.79. The maximum Gasteiger partial charge on any atom is 0.130 e. The van der Waals surface area contributed by atoms with Gasteiger partial charge in [0.15, 0.2) is 0 Å². The zero-order valence-corrected chi connectivity index (χ0v) is 13.0. The molecule has 1 rings (SSSR count). The van der Waals surface area contributed by atoms with Crippen LogP contribution in [0.2, 0.25) is 5.02 Å². The van der Waals surface area contributed by atoms with Gasteiger partial charge in [-0.2, -0.15) is 0 Å². The first-order valence-corrected chi connectivity index (χ1v) is 7.66. The number of hydrogen-bond donors (Lipinski definition) is 1. The van der Waals surface area contributed by atoms with Crippen molar-refractivity contribution in [1.29, 1.82) is 0 Å². The number of halogens is 1. The summed E-state index contributed by atoms with van der Waals surface area (Å²) in [6.45, 7) is 2.90. The molecule has 0 fully saturated rings. The van der Waals surface area contributed by atoms with Crippen molar-refractivity contribution in [2.45, 2.75) is 45.4 Å². The first kappa shape index (κ1) is 16.3. The molecule has 0 aromatic heterocycles.